The quantitative estimate of drug-likeness (QED) is 0.657. The van der Waals surface area contributed by atoms with Crippen LogP contribution in [0.5, 0.6) is 0 Å². The number of fused-ring (bicyclic) bond motifs is 1. The lowest BCUT2D eigenvalue weighted by atomic mass is 9.81. The van der Waals surface area contributed by atoms with Crippen LogP contribution in [0.1, 0.15) is 44.3 Å². The molecule has 1 aliphatic carbocycles. The molecule has 0 atom stereocenters. The Kier molecular flexibility index (Phi) is 4.23. The van der Waals surface area contributed by atoms with E-state index in [-0.39, 0.29) is 11.6 Å². The first kappa shape index (κ1) is 16.1. The van der Waals surface area contributed by atoms with E-state index in [0.29, 0.717) is 28.7 Å². The molecule has 2 aromatic rings. The van der Waals surface area contributed by atoms with Crippen LogP contribution in [-0.2, 0) is 6.42 Å². The van der Waals surface area contributed by atoms with E-state index >= 15 is 0 Å². The minimum absolute atomic E-state index is 0.0150. The monoisotopic (exact) mass is 416 g/mol. The van der Waals surface area contributed by atoms with Gasteiger partial charge in [0.15, 0.2) is 11.6 Å². The number of halogens is 1. The fourth-order valence-corrected chi connectivity index (χ4v) is 3.24. The summed E-state index contributed by atoms with van der Waals surface area (Å²) in [5.74, 6) is -0.0399. The third kappa shape index (κ3) is 2.90. The topological polar surface area (TPSA) is 34.1 Å². The number of hydrogen-bond acceptors (Lipinski definition) is 2. The predicted octanol–water partition coefficient (Wildman–Crippen LogP) is 4.85. The Bertz CT molecular complexity index is 858. The smallest absolute Gasteiger partial charge is 0.190 e. The van der Waals surface area contributed by atoms with E-state index in [2.05, 4.69) is 22.6 Å². The molecule has 1 aliphatic rings. The highest BCUT2D eigenvalue weighted by atomic mass is 127. The van der Waals surface area contributed by atoms with Crippen LogP contribution in [0.25, 0.3) is 0 Å². The number of carbonyl (C=O) groups is 2. The van der Waals surface area contributed by atoms with E-state index in [1.807, 2.05) is 50.2 Å². The highest BCUT2D eigenvalue weighted by molar-refractivity contribution is 14.1. The van der Waals surface area contributed by atoms with Crippen LogP contribution in [-0.4, -0.2) is 11.6 Å². The number of ketones is 2. The Morgan fingerprint density at radius 3 is 1.91 bits per heavy atom. The molecule has 116 valence electrons. The van der Waals surface area contributed by atoms with Crippen molar-refractivity contribution in [1.29, 1.82) is 0 Å². The van der Waals surface area contributed by atoms with Gasteiger partial charge in [0.2, 0.25) is 0 Å². The standard InChI is InChI=1S/C20H17IO2/c1-11-8-17-18(9-12(11)2)20(23)16(13(3)19(17)22)10-14-4-6-15(21)7-5-14/h4-9H,10H2,1-3H3. The first-order valence-electron chi connectivity index (χ1n) is 7.53. The van der Waals surface area contributed by atoms with Gasteiger partial charge in [-0.2, -0.15) is 0 Å². The summed E-state index contributed by atoms with van der Waals surface area (Å²) >= 11 is 2.25. The average Bonchev–Trinajstić information content (AvgIpc) is 2.53. The number of hydrogen-bond donors (Lipinski definition) is 0. The molecule has 0 saturated carbocycles. The van der Waals surface area contributed by atoms with Crippen LogP contribution in [0.3, 0.4) is 0 Å². The van der Waals surface area contributed by atoms with Crippen molar-refractivity contribution in [2.75, 3.05) is 0 Å². The fraction of sp³-hybridized carbons (Fsp3) is 0.200. The van der Waals surface area contributed by atoms with Crippen molar-refractivity contribution in [2.24, 2.45) is 0 Å². The molecule has 0 amide bonds. The summed E-state index contributed by atoms with van der Waals surface area (Å²) in [5, 5.41) is 0. The third-order valence-electron chi connectivity index (χ3n) is 4.48. The van der Waals surface area contributed by atoms with Gasteiger partial charge in [0, 0.05) is 32.3 Å². The first-order valence-corrected chi connectivity index (χ1v) is 8.61. The molecule has 23 heavy (non-hydrogen) atoms. The summed E-state index contributed by atoms with van der Waals surface area (Å²) in [7, 11) is 0. The van der Waals surface area contributed by atoms with E-state index in [9.17, 15) is 9.59 Å². The second kappa shape index (κ2) is 6.04. The van der Waals surface area contributed by atoms with Crippen molar-refractivity contribution in [3.63, 3.8) is 0 Å². The molecule has 0 heterocycles. The molecule has 0 spiro atoms. The van der Waals surface area contributed by atoms with Gasteiger partial charge in [-0.15, -0.1) is 0 Å². The fourth-order valence-electron chi connectivity index (χ4n) is 2.88. The van der Waals surface area contributed by atoms with E-state index in [0.717, 1.165) is 20.3 Å². The number of rotatable bonds is 2. The number of Topliss-reactive ketones (excluding diaryl/α,β-unsaturated/α-hetero) is 2. The molecule has 3 rings (SSSR count). The van der Waals surface area contributed by atoms with E-state index in [1.54, 1.807) is 6.92 Å². The minimum atomic E-state index is -0.0248. The van der Waals surface area contributed by atoms with Crippen LogP contribution < -0.4 is 0 Å². The highest BCUT2D eigenvalue weighted by Crippen LogP contribution is 2.30. The Morgan fingerprint density at radius 1 is 0.826 bits per heavy atom. The van der Waals surface area contributed by atoms with E-state index in [4.69, 9.17) is 0 Å². The van der Waals surface area contributed by atoms with Crippen LogP contribution in [0.15, 0.2) is 47.5 Å². The third-order valence-corrected chi connectivity index (χ3v) is 5.20. The molecule has 2 nitrogen and oxygen atoms in total. The number of benzene rings is 2. The van der Waals surface area contributed by atoms with Crippen molar-refractivity contribution in [3.05, 3.63) is 78.9 Å². The van der Waals surface area contributed by atoms with Gasteiger partial charge in [0.05, 0.1) is 0 Å². The zero-order valence-corrected chi connectivity index (χ0v) is 15.5. The number of aryl methyl sites for hydroxylation is 2. The summed E-state index contributed by atoms with van der Waals surface area (Å²) in [6, 6.07) is 11.7. The van der Waals surface area contributed by atoms with E-state index in [1.165, 1.54) is 0 Å². The molecule has 2 aromatic carbocycles. The second-order valence-electron chi connectivity index (χ2n) is 6.05. The SMILES string of the molecule is CC1=C(Cc2ccc(I)cc2)C(=O)c2cc(C)c(C)cc2C1=O. The summed E-state index contributed by atoms with van der Waals surface area (Å²) in [4.78, 5) is 25.6. The van der Waals surface area contributed by atoms with E-state index < -0.39 is 0 Å². The molecule has 0 aromatic heterocycles. The Balaban J connectivity index is 2.06. The van der Waals surface area contributed by atoms with Gasteiger partial charge in [0.1, 0.15) is 0 Å². The zero-order valence-electron chi connectivity index (χ0n) is 13.4. The lowest BCUT2D eigenvalue weighted by Crippen LogP contribution is -2.22. The highest BCUT2D eigenvalue weighted by Gasteiger charge is 2.30. The minimum Gasteiger partial charge on any atom is -0.289 e. The molecule has 0 saturated heterocycles. The average molecular weight is 416 g/mol. The molecule has 0 radical (unpaired) electrons. The normalized spacial score (nSPS) is 14.3. The molecule has 0 N–H and O–H groups in total. The zero-order chi connectivity index (χ0) is 16.7. The van der Waals surface area contributed by atoms with Crippen LogP contribution >= 0.6 is 22.6 Å². The van der Waals surface area contributed by atoms with Gasteiger partial charge in [0.25, 0.3) is 0 Å². The molecule has 0 bridgehead atoms. The van der Waals surface area contributed by atoms with Gasteiger partial charge in [-0.05, 0) is 84.3 Å². The molecular formula is C20H17IO2. The summed E-state index contributed by atoms with van der Waals surface area (Å²) in [6.07, 6.45) is 0.500. The molecule has 0 unspecified atom stereocenters. The van der Waals surface area contributed by atoms with Crippen molar-refractivity contribution >= 4 is 34.2 Å². The van der Waals surface area contributed by atoms with Crippen LogP contribution in [0, 0.1) is 17.4 Å². The number of carbonyl (C=O) groups excluding carboxylic acids is 2. The molecule has 0 aliphatic heterocycles. The van der Waals surface area contributed by atoms with Crippen molar-refractivity contribution in [1.82, 2.24) is 0 Å². The van der Waals surface area contributed by atoms with Gasteiger partial charge in [-0.3, -0.25) is 9.59 Å². The summed E-state index contributed by atoms with van der Waals surface area (Å²) in [6.45, 7) is 5.70. The predicted molar refractivity (Wildman–Crippen MR) is 100 cm³/mol. The Labute approximate surface area is 149 Å². The van der Waals surface area contributed by atoms with Crippen molar-refractivity contribution in [2.45, 2.75) is 27.2 Å². The maximum atomic E-state index is 12.9. The van der Waals surface area contributed by atoms with Gasteiger partial charge >= 0.3 is 0 Å². The first-order chi connectivity index (χ1) is 10.9. The van der Waals surface area contributed by atoms with Crippen LogP contribution in [0.4, 0.5) is 0 Å². The maximum Gasteiger partial charge on any atom is 0.190 e. The van der Waals surface area contributed by atoms with Gasteiger partial charge < -0.3 is 0 Å². The lowest BCUT2D eigenvalue weighted by Gasteiger charge is -2.20. The second-order valence-corrected chi connectivity index (χ2v) is 7.29. The molecular weight excluding hydrogens is 399 g/mol. The van der Waals surface area contributed by atoms with Gasteiger partial charge in [-0.1, -0.05) is 12.1 Å². The Morgan fingerprint density at radius 2 is 1.35 bits per heavy atom. The molecule has 3 heteroatoms. The number of allylic oxidation sites excluding steroid dienone is 2. The van der Waals surface area contributed by atoms with Crippen LogP contribution in [0.2, 0.25) is 0 Å². The largest absolute Gasteiger partial charge is 0.289 e. The molecule has 0 fully saturated rings. The lowest BCUT2D eigenvalue weighted by molar-refractivity contribution is 0.0973. The summed E-state index contributed by atoms with van der Waals surface area (Å²) < 4.78 is 1.15. The van der Waals surface area contributed by atoms with Crippen molar-refractivity contribution in [3.8, 4) is 0 Å². The van der Waals surface area contributed by atoms with Gasteiger partial charge in [-0.25, -0.2) is 0 Å². The maximum absolute atomic E-state index is 12.9. The van der Waals surface area contributed by atoms with Crippen molar-refractivity contribution < 1.29 is 9.59 Å². The Hall–Kier alpha value is -1.75. The summed E-state index contributed by atoms with van der Waals surface area (Å²) in [5.41, 5.74) is 5.41.